The van der Waals surface area contributed by atoms with Crippen molar-refractivity contribution in [3.05, 3.63) is 65.2 Å². The molecule has 0 saturated carbocycles. The van der Waals surface area contributed by atoms with Crippen LogP contribution in [-0.4, -0.2) is 10.9 Å². The number of carbonyl (C=O) groups excluding carboxylic acids is 1. The Morgan fingerprint density at radius 2 is 2.21 bits per heavy atom. The number of hydrogen-bond acceptors (Lipinski definition) is 2. The first-order valence-corrected chi connectivity index (χ1v) is 5.87. The predicted molar refractivity (Wildman–Crippen MR) is 73.3 cm³/mol. The first kappa shape index (κ1) is 13.2. The number of nitrogens with zero attached hydrogens (tertiary/aromatic N) is 1. The van der Waals surface area contributed by atoms with Crippen LogP contribution in [0.5, 0.6) is 0 Å². The Morgan fingerprint density at radius 1 is 1.37 bits per heavy atom. The molecule has 0 atom stereocenters. The zero-order chi connectivity index (χ0) is 13.7. The van der Waals surface area contributed by atoms with Gasteiger partial charge in [0, 0.05) is 23.5 Å². The van der Waals surface area contributed by atoms with Gasteiger partial charge in [-0.05, 0) is 35.9 Å². The minimum Gasteiger partial charge on any atom is -0.320 e. The molecule has 1 aromatic carbocycles. The summed E-state index contributed by atoms with van der Waals surface area (Å²) in [6.07, 6.45) is 6.16. The Hall–Kier alpha value is -2.20. The van der Waals surface area contributed by atoms with Gasteiger partial charge in [0.15, 0.2) is 0 Å². The van der Waals surface area contributed by atoms with Gasteiger partial charge in [-0.3, -0.25) is 9.78 Å². The maximum absolute atomic E-state index is 13.4. The van der Waals surface area contributed by atoms with Crippen LogP contribution >= 0.6 is 11.6 Å². The van der Waals surface area contributed by atoms with Crippen LogP contribution in [0.4, 0.5) is 10.1 Å². The van der Waals surface area contributed by atoms with Crippen molar-refractivity contribution in [1.82, 2.24) is 4.98 Å². The van der Waals surface area contributed by atoms with E-state index in [2.05, 4.69) is 10.3 Å². The second kappa shape index (κ2) is 6.11. The second-order valence-corrected chi connectivity index (χ2v) is 4.17. The van der Waals surface area contributed by atoms with Gasteiger partial charge in [-0.15, -0.1) is 0 Å². The van der Waals surface area contributed by atoms with Crippen molar-refractivity contribution in [2.24, 2.45) is 0 Å². The summed E-state index contributed by atoms with van der Waals surface area (Å²) < 4.78 is 13.4. The summed E-state index contributed by atoms with van der Waals surface area (Å²) in [5, 5.41) is 2.71. The highest BCUT2D eigenvalue weighted by molar-refractivity contribution is 6.30. The highest BCUT2D eigenvalue weighted by atomic mass is 35.5. The van der Waals surface area contributed by atoms with Gasteiger partial charge in [0.1, 0.15) is 5.82 Å². The summed E-state index contributed by atoms with van der Waals surface area (Å²) in [7, 11) is 0. The first-order valence-electron chi connectivity index (χ1n) is 5.49. The van der Waals surface area contributed by atoms with Crippen LogP contribution in [0.3, 0.4) is 0 Å². The van der Waals surface area contributed by atoms with E-state index in [9.17, 15) is 9.18 Å². The summed E-state index contributed by atoms with van der Waals surface area (Å²) in [6, 6.07) is 7.62. The van der Waals surface area contributed by atoms with E-state index in [-0.39, 0.29) is 10.7 Å². The van der Waals surface area contributed by atoms with E-state index in [0.717, 1.165) is 11.6 Å². The third-order valence-corrected chi connectivity index (χ3v) is 2.54. The van der Waals surface area contributed by atoms with E-state index in [0.29, 0.717) is 0 Å². The monoisotopic (exact) mass is 276 g/mol. The van der Waals surface area contributed by atoms with Gasteiger partial charge in [0.2, 0.25) is 5.91 Å². The second-order valence-electron chi connectivity index (χ2n) is 3.73. The van der Waals surface area contributed by atoms with Gasteiger partial charge in [-0.1, -0.05) is 17.7 Å². The maximum Gasteiger partial charge on any atom is 0.248 e. The highest BCUT2D eigenvalue weighted by Gasteiger charge is 2.04. The molecule has 0 unspecified atom stereocenters. The smallest absolute Gasteiger partial charge is 0.248 e. The lowest BCUT2D eigenvalue weighted by Crippen LogP contribution is -2.09. The predicted octanol–water partition coefficient (Wildman–Crippen LogP) is 3.53. The van der Waals surface area contributed by atoms with Gasteiger partial charge < -0.3 is 5.32 Å². The summed E-state index contributed by atoms with van der Waals surface area (Å²) in [6.45, 7) is 0. The molecular formula is C14H10ClFN2O. The molecule has 96 valence electrons. The van der Waals surface area contributed by atoms with Crippen molar-refractivity contribution in [2.75, 3.05) is 5.32 Å². The largest absolute Gasteiger partial charge is 0.320 e. The molecule has 1 aromatic heterocycles. The molecular weight excluding hydrogens is 267 g/mol. The lowest BCUT2D eigenvalue weighted by Gasteiger charge is -2.03. The molecule has 1 N–H and O–H groups in total. The van der Waals surface area contributed by atoms with Gasteiger partial charge in [0.25, 0.3) is 0 Å². The molecule has 1 heterocycles. The lowest BCUT2D eigenvalue weighted by atomic mass is 10.2. The van der Waals surface area contributed by atoms with Crippen LogP contribution in [0.1, 0.15) is 5.56 Å². The zero-order valence-electron chi connectivity index (χ0n) is 9.81. The SMILES string of the molecule is O=C(/C=C/c1cccnc1)Nc1ccc(Cl)cc1F. The Balaban J connectivity index is 2.04. The van der Waals surface area contributed by atoms with Crippen molar-refractivity contribution in [3.8, 4) is 0 Å². The Morgan fingerprint density at radius 3 is 2.89 bits per heavy atom. The van der Waals surface area contributed by atoms with Gasteiger partial charge in [0.05, 0.1) is 5.69 Å². The third-order valence-electron chi connectivity index (χ3n) is 2.30. The maximum atomic E-state index is 13.4. The van der Waals surface area contributed by atoms with Crippen molar-refractivity contribution in [3.63, 3.8) is 0 Å². The van der Waals surface area contributed by atoms with Crippen molar-refractivity contribution in [2.45, 2.75) is 0 Å². The molecule has 0 aliphatic carbocycles. The number of rotatable bonds is 3. The third kappa shape index (κ3) is 3.89. The van der Waals surface area contributed by atoms with Gasteiger partial charge >= 0.3 is 0 Å². The molecule has 0 bridgehead atoms. The van der Waals surface area contributed by atoms with Crippen molar-refractivity contribution in [1.29, 1.82) is 0 Å². The lowest BCUT2D eigenvalue weighted by molar-refractivity contribution is -0.111. The van der Waals surface area contributed by atoms with Crippen LogP contribution in [0.25, 0.3) is 6.08 Å². The highest BCUT2D eigenvalue weighted by Crippen LogP contribution is 2.18. The van der Waals surface area contributed by atoms with Crippen molar-refractivity contribution >= 4 is 29.3 Å². The quantitative estimate of drug-likeness (QED) is 0.872. The fourth-order valence-corrected chi connectivity index (χ4v) is 1.57. The number of anilines is 1. The van der Waals surface area contributed by atoms with E-state index >= 15 is 0 Å². The summed E-state index contributed by atoms with van der Waals surface area (Å²) >= 11 is 5.62. The number of amides is 1. The minimum atomic E-state index is -0.573. The average molecular weight is 277 g/mol. The summed E-state index contributed by atoms with van der Waals surface area (Å²) in [5.41, 5.74) is 0.875. The zero-order valence-corrected chi connectivity index (χ0v) is 10.6. The van der Waals surface area contributed by atoms with Gasteiger partial charge in [-0.2, -0.15) is 0 Å². The normalized spacial score (nSPS) is 10.6. The molecule has 2 aromatic rings. The molecule has 0 radical (unpaired) electrons. The molecule has 0 spiro atoms. The summed E-state index contributed by atoms with van der Waals surface area (Å²) in [4.78, 5) is 15.5. The fourth-order valence-electron chi connectivity index (χ4n) is 1.41. The Kier molecular flexibility index (Phi) is 4.26. The molecule has 2 rings (SSSR count). The summed E-state index contributed by atoms with van der Waals surface area (Å²) in [5.74, 6) is -0.999. The van der Waals surface area contributed by atoms with Gasteiger partial charge in [-0.25, -0.2) is 4.39 Å². The molecule has 3 nitrogen and oxygen atoms in total. The van der Waals surface area contributed by atoms with E-state index < -0.39 is 11.7 Å². The van der Waals surface area contributed by atoms with Crippen LogP contribution < -0.4 is 5.32 Å². The molecule has 0 aliphatic rings. The van der Waals surface area contributed by atoms with Crippen molar-refractivity contribution < 1.29 is 9.18 Å². The molecule has 19 heavy (non-hydrogen) atoms. The van der Waals surface area contributed by atoms with E-state index in [1.165, 1.54) is 18.2 Å². The number of nitrogens with one attached hydrogen (secondary N) is 1. The molecule has 0 fully saturated rings. The van der Waals surface area contributed by atoms with E-state index in [1.54, 1.807) is 30.6 Å². The molecule has 5 heteroatoms. The number of aromatic nitrogens is 1. The first-order chi connectivity index (χ1) is 9.15. The topological polar surface area (TPSA) is 42.0 Å². The van der Waals surface area contributed by atoms with Crippen LogP contribution in [0.2, 0.25) is 5.02 Å². The fraction of sp³-hybridized carbons (Fsp3) is 0. The molecule has 0 saturated heterocycles. The number of carbonyl (C=O) groups is 1. The van der Waals surface area contributed by atoms with Crippen LogP contribution in [-0.2, 0) is 4.79 Å². The van der Waals surface area contributed by atoms with Crippen LogP contribution in [0.15, 0.2) is 48.8 Å². The molecule has 1 amide bonds. The Labute approximate surface area is 114 Å². The number of pyridine rings is 1. The number of benzene rings is 1. The van der Waals surface area contributed by atoms with Crippen LogP contribution in [0, 0.1) is 5.82 Å². The van der Waals surface area contributed by atoms with E-state index in [1.807, 2.05) is 0 Å². The average Bonchev–Trinajstić information content (AvgIpc) is 2.41. The number of halogens is 2. The van der Waals surface area contributed by atoms with E-state index in [4.69, 9.17) is 11.6 Å². The standard InChI is InChI=1S/C14H10ClFN2O/c15-11-4-5-13(12(16)8-11)18-14(19)6-3-10-2-1-7-17-9-10/h1-9H,(H,18,19)/b6-3+. The Bertz CT molecular complexity index is 614. The minimum absolute atomic E-state index is 0.0882. The molecule has 0 aliphatic heterocycles. The number of hydrogen-bond donors (Lipinski definition) is 1.